The minimum atomic E-state index is -0.576. The summed E-state index contributed by atoms with van der Waals surface area (Å²) >= 11 is 6.09. The minimum Gasteiger partial charge on any atom is -0.465 e. The lowest BCUT2D eigenvalue weighted by Gasteiger charge is -2.14. The van der Waals surface area contributed by atoms with Crippen LogP contribution in [0.5, 0.6) is 0 Å². The molecule has 0 atom stereocenters. The van der Waals surface area contributed by atoms with Crippen molar-refractivity contribution in [3.8, 4) is 17.3 Å². The topological polar surface area (TPSA) is 100 Å². The van der Waals surface area contributed by atoms with E-state index in [1.165, 1.54) is 17.8 Å². The van der Waals surface area contributed by atoms with Crippen LogP contribution in [0.25, 0.3) is 16.9 Å². The van der Waals surface area contributed by atoms with Crippen molar-refractivity contribution in [3.05, 3.63) is 56.5 Å². The van der Waals surface area contributed by atoms with Gasteiger partial charge in [-0.05, 0) is 23.6 Å². The fraction of sp³-hybridized carbons (Fsp3) is 0.222. The molecule has 0 aliphatic rings. The smallest absolute Gasteiger partial charge is 0.339 e. The average molecular weight is 371 g/mol. The fourth-order valence-corrected chi connectivity index (χ4v) is 3.02. The lowest BCUT2D eigenvalue weighted by Crippen LogP contribution is -2.22. The summed E-state index contributed by atoms with van der Waals surface area (Å²) in [5, 5.41) is 13.5. The number of fused-ring (bicyclic) bond motifs is 1. The van der Waals surface area contributed by atoms with E-state index >= 15 is 0 Å². The Balaban J connectivity index is 2.37. The van der Waals surface area contributed by atoms with Gasteiger partial charge in [-0.2, -0.15) is 14.9 Å². The molecule has 0 spiro atoms. The number of methoxy groups -OCH3 is 1. The van der Waals surface area contributed by atoms with Gasteiger partial charge in [-0.3, -0.25) is 4.79 Å². The Bertz CT molecular complexity index is 1120. The van der Waals surface area contributed by atoms with E-state index in [4.69, 9.17) is 16.3 Å². The molecule has 0 unspecified atom stereocenters. The molecule has 3 aromatic rings. The summed E-state index contributed by atoms with van der Waals surface area (Å²) in [5.41, 5.74) is 2.01. The van der Waals surface area contributed by atoms with Crippen LogP contribution in [0.15, 0.2) is 29.2 Å². The van der Waals surface area contributed by atoms with Gasteiger partial charge in [0, 0.05) is 5.56 Å². The highest BCUT2D eigenvalue weighted by atomic mass is 35.5. The largest absolute Gasteiger partial charge is 0.465 e. The molecule has 0 radical (unpaired) electrons. The SMILES string of the molecule is COC(=O)c1cc(-c2[nH]c3c(C#N)cnn3c(=O)c2C(C)C)ccc1Cl. The van der Waals surface area contributed by atoms with Gasteiger partial charge in [-0.1, -0.05) is 31.5 Å². The number of halogens is 1. The van der Waals surface area contributed by atoms with Crippen molar-refractivity contribution in [2.75, 3.05) is 7.11 Å². The first kappa shape index (κ1) is 17.7. The van der Waals surface area contributed by atoms with E-state index in [1.54, 1.807) is 18.2 Å². The van der Waals surface area contributed by atoms with E-state index in [9.17, 15) is 14.9 Å². The summed E-state index contributed by atoms with van der Waals surface area (Å²) in [6.07, 6.45) is 1.34. The molecule has 2 aromatic heterocycles. The van der Waals surface area contributed by atoms with Gasteiger partial charge in [-0.25, -0.2) is 4.79 Å². The van der Waals surface area contributed by atoms with Crippen molar-refractivity contribution in [2.45, 2.75) is 19.8 Å². The Morgan fingerprint density at radius 3 is 2.77 bits per heavy atom. The average Bonchev–Trinajstić information content (AvgIpc) is 3.04. The van der Waals surface area contributed by atoms with Gasteiger partial charge < -0.3 is 9.72 Å². The van der Waals surface area contributed by atoms with Gasteiger partial charge in [0.1, 0.15) is 11.6 Å². The molecule has 0 fully saturated rings. The number of carbonyl (C=O) groups is 1. The zero-order valence-electron chi connectivity index (χ0n) is 14.3. The van der Waals surface area contributed by atoms with Gasteiger partial charge in [0.05, 0.1) is 29.6 Å². The lowest BCUT2D eigenvalue weighted by atomic mass is 9.97. The number of esters is 1. The molecule has 132 valence electrons. The highest BCUT2D eigenvalue weighted by molar-refractivity contribution is 6.33. The standard InChI is InChI=1S/C18H15ClN4O3/c1-9(2)14-15(10-4-5-13(19)12(6-10)18(25)26-3)22-16-11(7-20)8-21-23(16)17(14)24/h4-6,8-9,22H,1-3H3. The van der Waals surface area contributed by atoms with Crippen LogP contribution in [0.4, 0.5) is 0 Å². The monoisotopic (exact) mass is 370 g/mol. The van der Waals surface area contributed by atoms with Crippen LogP contribution in [-0.2, 0) is 4.74 Å². The van der Waals surface area contributed by atoms with E-state index in [0.717, 1.165) is 0 Å². The first-order valence-electron chi connectivity index (χ1n) is 7.81. The molecule has 1 aromatic carbocycles. The summed E-state index contributed by atoms with van der Waals surface area (Å²) < 4.78 is 5.93. The third kappa shape index (κ3) is 2.74. The Hall–Kier alpha value is -3.11. The zero-order chi connectivity index (χ0) is 19.0. The van der Waals surface area contributed by atoms with Gasteiger partial charge >= 0.3 is 5.97 Å². The first-order chi connectivity index (χ1) is 12.4. The molecule has 0 saturated heterocycles. The number of hydrogen-bond donors (Lipinski definition) is 1. The Kier molecular flexibility index (Phi) is 4.53. The van der Waals surface area contributed by atoms with Gasteiger partial charge in [0.15, 0.2) is 5.65 Å². The second-order valence-corrected chi connectivity index (χ2v) is 6.40. The lowest BCUT2D eigenvalue weighted by molar-refractivity contribution is 0.0601. The number of aromatic amines is 1. The van der Waals surface area contributed by atoms with Crippen LogP contribution in [-0.4, -0.2) is 27.7 Å². The molecule has 0 bridgehead atoms. The summed E-state index contributed by atoms with van der Waals surface area (Å²) in [7, 11) is 1.27. The Labute approximate surface area is 153 Å². The quantitative estimate of drug-likeness (QED) is 0.714. The van der Waals surface area contributed by atoms with Crippen molar-refractivity contribution in [2.24, 2.45) is 0 Å². The molecule has 3 rings (SSSR count). The van der Waals surface area contributed by atoms with Crippen LogP contribution in [0.1, 0.15) is 41.3 Å². The number of nitrogens with zero attached hydrogens (tertiary/aromatic N) is 3. The third-order valence-corrected chi connectivity index (χ3v) is 4.39. The number of ether oxygens (including phenoxy) is 1. The summed E-state index contributed by atoms with van der Waals surface area (Å²) in [6, 6.07) is 6.83. The molecule has 7 nitrogen and oxygen atoms in total. The predicted octanol–water partition coefficient (Wildman–Crippen LogP) is 3.12. The number of aromatic nitrogens is 3. The number of benzene rings is 1. The number of rotatable bonds is 3. The van der Waals surface area contributed by atoms with E-state index in [0.29, 0.717) is 22.5 Å². The molecule has 2 heterocycles. The van der Waals surface area contributed by atoms with Crippen LogP contribution >= 0.6 is 11.6 Å². The highest BCUT2D eigenvalue weighted by Crippen LogP contribution is 2.29. The second kappa shape index (κ2) is 6.65. The van der Waals surface area contributed by atoms with Gasteiger partial charge in [0.2, 0.25) is 0 Å². The predicted molar refractivity (Wildman–Crippen MR) is 96.4 cm³/mol. The van der Waals surface area contributed by atoms with Gasteiger partial charge in [0.25, 0.3) is 5.56 Å². The van der Waals surface area contributed by atoms with E-state index in [1.807, 2.05) is 19.9 Å². The first-order valence-corrected chi connectivity index (χ1v) is 8.19. The Morgan fingerprint density at radius 1 is 1.42 bits per heavy atom. The molecule has 0 saturated carbocycles. The number of hydrogen-bond acceptors (Lipinski definition) is 5. The molecular weight excluding hydrogens is 356 g/mol. The molecule has 0 aliphatic heterocycles. The van der Waals surface area contributed by atoms with E-state index < -0.39 is 5.97 Å². The molecule has 0 aliphatic carbocycles. The van der Waals surface area contributed by atoms with Crippen molar-refractivity contribution in [1.29, 1.82) is 5.26 Å². The van der Waals surface area contributed by atoms with Gasteiger partial charge in [-0.15, -0.1) is 0 Å². The summed E-state index contributed by atoms with van der Waals surface area (Å²) in [4.78, 5) is 27.9. The summed E-state index contributed by atoms with van der Waals surface area (Å²) in [5.74, 6) is -0.696. The summed E-state index contributed by atoms with van der Waals surface area (Å²) in [6.45, 7) is 3.76. The molecule has 26 heavy (non-hydrogen) atoms. The van der Waals surface area contributed by atoms with E-state index in [-0.39, 0.29) is 27.6 Å². The molecule has 0 amide bonds. The number of nitrogens with one attached hydrogen (secondary N) is 1. The second-order valence-electron chi connectivity index (χ2n) is 5.99. The van der Waals surface area contributed by atoms with Crippen molar-refractivity contribution in [1.82, 2.24) is 14.6 Å². The number of H-pyrrole nitrogens is 1. The van der Waals surface area contributed by atoms with Crippen molar-refractivity contribution >= 4 is 23.2 Å². The van der Waals surface area contributed by atoms with Crippen LogP contribution in [0.2, 0.25) is 5.02 Å². The van der Waals surface area contributed by atoms with Crippen molar-refractivity contribution < 1.29 is 9.53 Å². The highest BCUT2D eigenvalue weighted by Gasteiger charge is 2.21. The van der Waals surface area contributed by atoms with Crippen LogP contribution in [0, 0.1) is 11.3 Å². The zero-order valence-corrected chi connectivity index (χ0v) is 15.1. The number of nitriles is 1. The number of carbonyl (C=O) groups excluding carboxylic acids is 1. The fourth-order valence-electron chi connectivity index (χ4n) is 2.82. The maximum absolute atomic E-state index is 12.9. The molecule has 1 N–H and O–H groups in total. The van der Waals surface area contributed by atoms with Crippen LogP contribution < -0.4 is 5.56 Å². The van der Waals surface area contributed by atoms with E-state index in [2.05, 4.69) is 10.1 Å². The third-order valence-electron chi connectivity index (χ3n) is 4.06. The molecular formula is C18H15ClN4O3. The Morgan fingerprint density at radius 2 is 2.15 bits per heavy atom. The maximum Gasteiger partial charge on any atom is 0.339 e. The van der Waals surface area contributed by atoms with Crippen LogP contribution in [0.3, 0.4) is 0 Å². The molecule has 8 heteroatoms. The maximum atomic E-state index is 12.9. The minimum absolute atomic E-state index is 0.120. The van der Waals surface area contributed by atoms with Crippen molar-refractivity contribution in [3.63, 3.8) is 0 Å². The normalized spacial score (nSPS) is 10.9.